The van der Waals surface area contributed by atoms with Gasteiger partial charge in [0.15, 0.2) is 0 Å². The largest absolute Gasteiger partial charge is 0.494 e. The molecule has 22 heavy (non-hydrogen) atoms. The number of hydrogen-bond acceptors (Lipinski definition) is 4. The van der Waals surface area contributed by atoms with E-state index in [2.05, 4.69) is 22.5 Å². The molecule has 0 bridgehead atoms. The Morgan fingerprint density at radius 3 is 2.55 bits per heavy atom. The lowest BCUT2D eigenvalue weighted by atomic mass is 10.2. The van der Waals surface area contributed by atoms with Crippen LogP contribution in [-0.4, -0.2) is 11.6 Å². The molecular formula is C18H18N2OS. The quantitative estimate of drug-likeness (QED) is 0.542. The maximum absolute atomic E-state index is 5.70. The molecule has 1 aromatic heterocycles. The molecule has 0 radical (unpaired) electrons. The van der Waals surface area contributed by atoms with E-state index < -0.39 is 0 Å². The van der Waals surface area contributed by atoms with Crippen LogP contribution in [0.2, 0.25) is 0 Å². The molecule has 0 aliphatic heterocycles. The van der Waals surface area contributed by atoms with Crippen molar-refractivity contribution in [3.8, 4) is 17.0 Å². The Bertz CT molecular complexity index is 707. The molecule has 3 aromatic rings. The van der Waals surface area contributed by atoms with Crippen molar-refractivity contribution in [2.45, 2.75) is 12.8 Å². The Labute approximate surface area is 134 Å². The van der Waals surface area contributed by atoms with E-state index in [4.69, 9.17) is 10.5 Å². The molecule has 3 nitrogen and oxygen atoms in total. The lowest BCUT2D eigenvalue weighted by Gasteiger charge is -2.05. The predicted molar refractivity (Wildman–Crippen MR) is 92.2 cm³/mol. The fraction of sp³-hybridized carbons (Fsp3) is 0.167. The normalized spacial score (nSPS) is 10.5. The summed E-state index contributed by atoms with van der Waals surface area (Å²) < 4.78 is 5.70. The number of nitrogens with zero attached hydrogens (tertiary/aromatic N) is 1. The molecule has 3 rings (SSSR count). The standard InChI is InChI=1S/C18H18N2OS/c19-15-8-10-16(11-9-15)21-12-4-7-18-20-17(13-22-18)14-5-2-1-3-6-14/h1-3,5-6,8-11,13H,4,7,12,19H2. The number of anilines is 1. The highest BCUT2D eigenvalue weighted by Gasteiger charge is 2.04. The zero-order chi connectivity index (χ0) is 15.2. The Morgan fingerprint density at radius 1 is 1.00 bits per heavy atom. The monoisotopic (exact) mass is 310 g/mol. The summed E-state index contributed by atoms with van der Waals surface area (Å²) in [6, 6.07) is 17.8. The highest BCUT2D eigenvalue weighted by Crippen LogP contribution is 2.22. The van der Waals surface area contributed by atoms with Gasteiger partial charge < -0.3 is 10.5 Å². The molecule has 1 heterocycles. The minimum atomic E-state index is 0.685. The van der Waals surface area contributed by atoms with Gasteiger partial charge in [-0.25, -0.2) is 4.98 Å². The van der Waals surface area contributed by atoms with E-state index in [9.17, 15) is 0 Å². The SMILES string of the molecule is Nc1ccc(OCCCc2nc(-c3ccccc3)cs2)cc1. The summed E-state index contributed by atoms with van der Waals surface area (Å²) in [6.45, 7) is 0.685. The lowest BCUT2D eigenvalue weighted by molar-refractivity contribution is 0.311. The average molecular weight is 310 g/mol. The van der Waals surface area contributed by atoms with E-state index in [0.717, 1.165) is 35.0 Å². The summed E-state index contributed by atoms with van der Waals surface area (Å²) in [5.41, 5.74) is 8.62. The summed E-state index contributed by atoms with van der Waals surface area (Å²) in [4.78, 5) is 4.68. The van der Waals surface area contributed by atoms with Gasteiger partial charge >= 0.3 is 0 Å². The summed E-state index contributed by atoms with van der Waals surface area (Å²) in [7, 11) is 0. The van der Waals surface area contributed by atoms with Crippen LogP contribution in [-0.2, 0) is 6.42 Å². The minimum absolute atomic E-state index is 0.685. The van der Waals surface area contributed by atoms with Crippen LogP contribution >= 0.6 is 11.3 Å². The van der Waals surface area contributed by atoms with Gasteiger partial charge in [-0.05, 0) is 30.7 Å². The van der Waals surface area contributed by atoms with E-state index in [-0.39, 0.29) is 0 Å². The molecular weight excluding hydrogens is 292 g/mol. The molecule has 0 atom stereocenters. The zero-order valence-corrected chi connectivity index (χ0v) is 13.1. The first-order chi connectivity index (χ1) is 10.8. The third kappa shape index (κ3) is 3.86. The summed E-state index contributed by atoms with van der Waals surface area (Å²) in [6.07, 6.45) is 1.89. The van der Waals surface area contributed by atoms with Crippen LogP contribution in [0.25, 0.3) is 11.3 Å². The molecule has 0 unspecified atom stereocenters. The highest BCUT2D eigenvalue weighted by molar-refractivity contribution is 7.09. The molecule has 0 aliphatic carbocycles. The molecule has 112 valence electrons. The lowest BCUT2D eigenvalue weighted by Crippen LogP contribution is -1.99. The van der Waals surface area contributed by atoms with Gasteiger partial charge in [0.25, 0.3) is 0 Å². The predicted octanol–water partition coefficient (Wildman–Crippen LogP) is 4.40. The number of rotatable bonds is 6. The van der Waals surface area contributed by atoms with Crippen LogP contribution < -0.4 is 10.5 Å². The van der Waals surface area contributed by atoms with Gasteiger partial charge in [-0.1, -0.05) is 30.3 Å². The number of aromatic nitrogens is 1. The summed E-state index contributed by atoms with van der Waals surface area (Å²) in [5.74, 6) is 0.860. The van der Waals surface area contributed by atoms with E-state index in [1.807, 2.05) is 42.5 Å². The van der Waals surface area contributed by atoms with Crippen molar-refractivity contribution in [3.05, 3.63) is 65.0 Å². The first kappa shape index (κ1) is 14.6. The smallest absolute Gasteiger partial charge is 0.119 e. The van der Waals surface area contributed by atoms with Crippen molar-refractivity contribution in [1.29, 1.82) is 0 Å². The van der Waals surface area contributed by atoms with Gasteiger partial charge in [0.05, 0.1) is 17.3 Å². The summed E-state index contributed by atoms with van der Waals surface area (Å²) >= 11 is 1.71. The van der Waals surface area contributed by atoms with Gasteiger partial charge in [0.1, 0.15) is 5.75 Å². The molecule has 2 N–H and O–H groups in total. The van der Waals surface area contributed by atoms with Crippen molar-refractivity contribution >= 4 is 17.0 Å². The third-order valence-electron chi connectivity index (χ3n) is 3.31. The number of aryl methyl sites for hydroxylation is 1. The average Bonchev–Trinajstić information content (AvgIpc) is 3.03. The van der Waals surface area contributed by atoms with E-state index in [1.165, 1.54) is 5.56 Å². The molecule has 0 fully saturated rings. The van der Waals surface area contributed by atoms with Crippen LogP contribution in [0.4, 0.5) is 5.69 Å². The van der Waals surface area contributed by atoms with Gasteiger partial charge in [0.2, 0.25) is 0 Å². The van der Waals surface area contributed by atoms with E-state index in [1.54, 1.807) is 11.3 Å². The Kier molecular flexibility index (Phi) is 4.71. The third-order valence-corrected chi connectivity index (χ3v) is 4.21. The van der Waals surface area contributed by atoms with Crippen LogP contribution in [0.1, 0.15) is 11.4 Å². The molecule has 0 saturated heterocycles. The number of thiazole rings is 1. The molecule has 2 aromatic carbocycles. The van der Waals surface area contributed by atoms with Crippen LogP contribution in [0.15, 0.2) is 60.0 Å². The Balaban J connectivity index is 1.48. The minimum Gasteiger partial charge on any atom is -0.494 e. The van der Waals surface area contributed by atoms with Gasteiger partial charge in [-0.2, -0.15) is 0 Å². The van der Waals surface area contributed by atoms with Crippen LogP contribution in [0, 0.1) is 0 Å². The van der Waals surface area contributed by atoms with Crippen molar-refractivity contribution in [2.24, 2.45) is 0 Å². The van der Waals surface area contributed by atoms with Gasteiger partial charge in [-0.3, -0.25) is 0 Å². The second-order valence-electron chi connectivity index (χ2n) is 5.01. The van der Waals surface area contributed by atoms with Crippen molar-refractivity contribution in [1.82, 2.24) is 4.98 Å². The molecule has 0 amide bonds. The second-order valence-corrected chi connectivity index (χ2v) is 5.96. The topological polar surface area (TPSA) is 48.1 Å². The van der Waals surface area contributed by atoms with E-state index >= 15 is 0 Å². The second kappa shape index (κ2) is 7.09. The molecule has 0 spiro atoms. The maximum Gasteiger partial charge on any atom is 0.119 e. The fourth-order valence-electron chi connectivity index (χ4n) is 2.14. The van der Waals surface area contributed by atoms with Crippen molar-refractivity contribution in [2.75, 3.05) is 12.3 Å². The maximum atomic E-state index is 5.70. The first-order valence-electron chi connectivity index (χ1n) is 7.29. The Hall–Kier alpha value is -2.33. The van der Waals surface area contributed by atoms with Crippen LogP contribution in [0.5, 0.6) is 5.75 Å². The van der Waals surface area contributed by atoms with Crippen molar-refractivity contribution < 1.29 is 4.74 Å². The fourth-order valence-corrected chi connectivity index (χ4v) is 2.99. The van der Waals surface area contributed by atoms with Crippen molar-refractivity contribution in [3.63, 3.8) is 0 Å². The van der Waals surface area contributed by atoms with Gasteiger partial charge in [-0.15, -0.1) is 11.3 Å². The summed E-state index contributed by atoms with van der Waals surface area (Å²) in [5, 5.41) is 3.27. The van der Waals surface area contributed by atoms with Gasteiger partial charge in [0, 0.05) is 23.1 Å². The van der Waals surface area contributed by atoms with Crippen LogP contribution in [0.3, 0.4) is 0 Å². The Morgan fingerprint density at radius 2 is 1.77 bits per heavy atom. The molecule has 4 heteroatoms. The first-order valence-corrected chi connectivity index (χ1v) is 8.17. The molecule has 0 saturated carbocycles. The number of nitrogens with two attached hydrogens (primary N) is 1. The number of benzene rings is 2. The number of nitrogen functional groups attached to an aromatic ring is 1. The molecule has 0 aliphatic rings. The zero-order valence-electron chi connectivity index (χ0n) is 12.2. The number of ether oxygens (including phenoxy) is 1. The number of hydrogen-bond donors (Lipinski definition) is 1. The highest BCUT2D eigenvalue weighted by atomic mass is 32.1. The van der Waals surface area contributed by atoms with E-state index in [0.29, 0.717) is 6.61 Å².